The molecule has 38 heavy (non-hydrogen) atoms. The number of aliphatic hydroxyl groups excluding tert-OH is 1. The lowest BCUT2D eigenvalue weighted by molar-refractivity contribution is 0.0398. The summed E-state index contributed by atoms with van der Waals surface area (Å²) in [5, 5.41) is 24.6. The Morgan fingerprint density at radius 2 is 1.89 bits per heavy atom. The molecular weight excluding hydrogens is 520 g/mol. The smallest absolute Gasteiger partial charge is 0.251 e. The van der Waals surface area contributed by atoms with Crippen LogP contribution in [0.1, 0.15) is 18.7 Å². The largest absolute Gasteiger partial charge is 0.396 e. The minimum atomic E-state index is -3.98. The Morgan fingerprint density at radius 3 is 2.63 bits per heavy atom. The number of allylic oxidation sites excluding steroid dienone is 2. The first kappa shape index (κ1) is 28.2. The SMILES string of the molecule is C/C(=C(/C#N)S(=O)(=O)NCC(C)CO)c1ccc(-c2ccc3cc(NCCN4CCOCC4)ccc3c2)s1. The second-order valence-corrected chi connectivity index (χ2v) is 12.3. The van der Waals surface area contributed by atoms with E-state index in [0.717, 1.165) is 71.2 Å². The molecule has 1 aliphatic rings. The Labute approximate surface area is 228 Å². The number of benzene rings is 2. The van der Waals surface area contributed by atoms with Crippen molar-refractivity contribution < 1.29 is 18.3 Å². The highest BCUT2D eigenvalue weighted by Gasteiger charge is 2.22. The van der Waals surface area contributed by atoms with E-state index in [1.807, 2.05) is 18.2 Å². The quantitative estimate of drug-likeness (QED) is 0.306. The lowest BCUT2D eigenvalue weighted by atomic mass is 10.1. The third-order valence-electron chi connectivity index (χ3n) is 6.61. The van der Waals surface area contributed by atoms with Gasteiger partial charge in [0.25, 0.3) is 10.0 Å². The molecule has 0 saturated carbocycles. The minimum Gasteiger partial charge on any atom is -0.396 e. The van der Waals surface area contributed by atoms with Gasteiger partial charge in [0, 0.05) is 54.8 Å². The molecule has 1 unspecified atom stereocenters. The molecule has 2 aromatic carbocycles. The Hall–Kier alpha value is -2.78. The van der Waals surface area contributed by atoms with Crippen molar-refractivity contribution >= 4 is 43.4 Å². The van der Waals surface area contributed by atoms with Gasteiger partial charge in [0.1, 0.15) is 6.07 Å². The molecule has 1 aliphatic heterocycles. The molecular formula is C28H34N4O4S2. The van der Waals surface area contributed by atoms with Gasteiger partial charge < -0.3 is 15.2 Å². The Balaban J connectivity index is 1.47. The van der Waals surface area contributed by atoms with Gasteiger partial charge in [0.2, 0.25) is 0 Å². The summed E-state index contributed by atoms with van der Waals surface area (Å²) in [4.78, 5) is 3.81. The maximum Gasteiger partial charge on any atom is 0.251 e. The first-order valence-electron chi connectivity index (χ1n) is 12.7. The van der Waals surface area contributed by atoms with Crippen molar-refractivity contribution in [3.8, 4) is 16.5 Å². The van der Waals surface area contributed by atoms with Crippen molar-refractivity contribution in [1.29, 1.82) is 5.26 Å². The number of rotatable bonds is 11. The number of nitrogens with zero attached hydrogens (tertiary/aromatic N) is 2. The van der Waals surface area contributed by atoms with Crippen LogP contribution in [0.3, 0.4) is 0 Å². The van der Waals surface area contributed by atoms with Crippen LogP contribution < -0.4 is 10.0 Å². The molecule has 0 amide bonds. The second-order valence-electron chi connectivity index (χ2n) is 9.53. The molecule has 8 nitrogen and oxygen atoms in total. The van der Waals surface area contributed by atoms with Gasteiger partial charge in [-0.2, -0.15) is 5.26 Å². The molecule has 2 heterocycles. The number of hydrogen-bond acceptors (Lipinski definition) is 8. The van der Waals surface area contributed by atoms with Crippen LogP contribution in [-0.4, -0.2) is 71.0 Å². The molecule has 3 N–H and O–H groups in total. The van der Waals surface area contributed by atoms with Gasteiger partial charge in [-0.3, -0.25) is 4.90 Å². The number of morpholine rings is 1. The van der Waals surface area contributed by atoms with Crippen LogP contribution >= 0.6 is 11.3 Å². The summed E-state index contributed by atoms with van der Waals surface area (Å²) in [6.07, 6.45) is 0. The molecule has 1 fully saturated rings. The number of nitriles is 1. The fourth-order valence-corrected chi connectivity index (χ4v) is 6.59. The summed E-state index contributed by atoms with van der Waals surface area (Å²) in [5.74, 6) is -0.242. The normalized spacial score (nSPS) is 16.2. The Morgan fingerprint density at radius 1 is 1.16 bits per heavy atom. The van der Waals surface area contributed by atoms with Crippen LogP contribution in [0.15, 0.2) is 53.4 Å². The standard InChI is InChI=1S/C28H34N4O4S2/c1-20(19-33)18-31-38(34,35)28(17-29)21(2)26-7-8-27(37-26)24-4-3-23-16-25(6-5-22(23)15-24)30-9-10-32-11-13-36-14-12-32/h3-8,15-16,20,30-31,33H,9-14,18-19H2,1-2H3/b28-21+. The maximum absolute atomic E-state index is 12.7. The lowest BCUT2D eigenvalue weighted by Crippen LogP contribution is -2.38. The number of anilines is 1. The summed E-state index contributed by atoms with van der Waals surface area (Å²) < 4.78 is 33.3. The third kappa shape index (κ3) is 6.99. The molecule has 1 saturated heterocycles. The molecule has 0 aliphatic carbocycles. The van der Waals surface area contributed by atoms with E-state index in [0.29, 0.717) is 5.57 Å². The summed E-state index contributed by atoms with van der Waals surface area (Å²) in [5.41, 5.74) is 2.53. The monoisotopic (exact) mass is 554 g/mol. The number of hydrogen-bond donors (Lipinski definition) is 3. The maximum atomic E-state index is 12.7. The van der Waals surface area contributed by atoms with Crippen molar-refractivity contribution in [2.75, 3.05) is 57.9 Å². The van der Waals surface area contributed by atoms with Gasteiger partial charge in [-0.25, -0.2) is 13.1 Å². The van der Waals surface area contributed by atoms with E-state index in [-0.39, 0.29) is 24.0 Å². The molecule has 202 valence electrons. The van der Waals surface area contributed by atoms with Gasteiger partial charge in [-0.15, -0.1) is 11.3 Å². The molecule has 0 radical (unpaired) electrons. The fourth-order valence-electron chi connectivity index (χ4n) is 4.23. The zero-order valence-electron chi connectivity index (χ0n) is 21.7. The van der Waals surface area contributed by atoms with Gasteiger partial charge >= 0.3 is 0 Å². The van der Waals surface area contributed by atoms with Crippen molar-refractivity contribution in [3.05, 3.63) is 58.3 Å². The Bertz CT molecular complexity index is 1440. The molecule has 10 heteroatoms. The van der Waals surface area contributed by atoms with Crippen molar-refractivity contribution in [2.24, 2.45) is 5.92 Å². The number of thiophene rings is 1. The van der Waals surface area contributed by atoms with Crippen LogP contribution in [0, 0.1) is 17.2 Å². The fraction of sp³-hybridized carbons (Fsp3) is 0.393. The van der Waals surface area contributed by atoms with E-state index in [2.05, 4.69) is 51.3 Å². The summed E-state index contributed by atoms with van der Waals surface area (Å²) in [7, 11) is -3.98. The highest BCUT2D eigenvalue weighted by molar-refractivity contribution is 7.93. The van der Waals surface area contributed by atoms with Crippen molar-refractivity contribution in [1.82, 2.24) is 9.62 Å². The highest BCUT2D eigenvalue weighted by atomic mass is 32.2. The average molecular weight is 555 g/mol. The van der Waals surface area contributed by atoms with Crippen LogP contribution in [0.2, 0.25) is 0 Å². The minimum absolute atomic E-state index is 0.0647. The molecule has 0 spiro atoms. The van der Waals surface area contributed by atoms with Crippen LogP contribution in [0.25, 0.3) is 26.8 Å². The van der Waals surface area contributed by atoms with Crippen molar-refractivity contribution in [2.45, 2.75) is 13.8 Å². The lowest BCUT2D eigenvalue weighted by Gasteiger charge is -2.26. The molecule has 0 bridgehead atoms. The average Bonchev–Trinajstić information content (AvgIpc) is 3.43. The molecule has 1 aromatic heterocycles. The van der Waals surface area contributed by atoms with E-state index in [9.17, 15) is 13.7 Å². The topological polar surface area (TPSA) is 115 Å². The number of fused-ring (bicyclic) bond motifs is 1. The highest BCUT2D eigenvalue weighted by Crippen LogP contribution is 2.35. The number of ether oxygens (including phenoxy) is 1. The zero-order valence-corrected chi connectivity index (χ0v) is 23.4. The van der Waals surface area contributed by atoms with Crippen LogP contribution in [-0.2, 0) is 14.8 Å². The zero-order chi connectivity index (χ0) is 27.1. The van der Waals surface area contributed by atoms with Gasteiger partial charge in [0.05, 0.1) is 13.2 Å². The van der Waals surface area contributed by atoms with Gasteiger partial charge in [-0.1, -0.05) is 25.1 Å². The van der Waals surface area contributed by atoms with E-state index < -0.39 is 10.0 Å². The number of sulfonamides is 1. The van der Waals surface area contributed by atoms with Gasteiger partial charge in [0.15, 0.2) is 4.91 Å². The van der Waals surface area contributed by atoms with Crippen molar-refractivity contribution in [3.63, 3.8) is 0 Å². The van der Waals surface area contributed by atoms with E-state index in [1.54, 1.807) is 13.8 Å². The number of nitrogens with one attached hydrogen (secondary N) is 2. The van der Waals surface area contributed by atoms with E-state index in [4.69, 9.17) is 9.84 Å². The summed E-state index contributed by atoms with van der Waals surface area (Å²) in [6.45, 7) is 8.75. The first-order chi connectivity index (χ1) is 18.3. The predicted octanol–water partition coefficient (Wildman–Crippen LogP) is 4.11. The van der Waals surface area contributed by atoms with Crippen LogP contribution in [0.4, 0.5) is 5.69 Å². The number of aliphatic hydroxyl groups is 1. The summed E-state index contributed by atoms with van der Waals surface area (Å²) in [6, 6.07) is 18.3. The van der Waals surface area contributed by atoms with Gasteiger partial charge in [-0.05, 0) is 65.1 Å². The van der Waals surface area contributed by atoms with E-state index >= 15 is 0 Å². The second kappa shape index (κ2) is 12.8. The first-order valence-corrected chi connectivity index (χ1v) is 15.0. The molecule has 3 aromatic rings. The predicted molar refractivity (Wildman–Crippen MR) is 154 cm³/mol. The third-order valence-corrected chi connectivity index (χ3v) is 9.34. The van der Waals surface area contributed by atoms with Crippen LogP contribution in [0.5, 0.6) is 0 Å². The summed E-state index contributed by atoms with van der Waals surface area (Å²) >= 11 is 1.45. The molecule has 4 rings (SSSR count). The molecule has 1 atom stereocenters. The van der Waals surface area contributed by atoms with E-state index in [1.165, 1.54) is 11.3 Å². The Kier molecular flexibility index (Phi) is 9.54.